The Hall–Kier alpha value is -2.98. The fraction of sp³-hybridized carbons (Fsp3) is 0.316. The molecule has 0 unspecified atom stereocenters. The number of amides is 1. The van der Waals surface area contributed by atoms with Gasteiger partial charge in [-0.2, -0.15) is 4.31 Å². The van der Waals surface area contributed by atoms with Crippen molar-refractivity contribution in [2.75, 3.05) is 31.5 Å². The van der Waals surface area contributed by atoms with Crippen molar-refractivity contribution >= 4 is 27.3 Å². The maximum atomic E-state index is 12.5. The lowest BCUT2D eigenvalue weighted by molar-refractivity contribution is -0.384. The van der Waals surface area contributed by atoms with Gasteiger partial charge < -0.3 is 10.6 Å². The molecule has 0 bridgehead atoms. The molecule has 0 radical (unpaired) electrons. The Morgan fingerprint density at radius 3 is 2.21 bits per heavy atom. The van der Waals surface area contributed by atoms with Crippen LogP contribution < -0.4 is 10.6 Å². The van der Waals surface area contributed by atoms with Crippen LogP contribution in [0.1, 0.15) is 23.2 Å². The topological polar surface area (TPSA) is 122 Å². The lowest BCUT2D eigenvalue weighted by atomic mass is 10.2. The van der Waals surface area contributed by atoms with Gasteiger partial charge in [0.25, 0.3) is 11.6 Å². The predicted molar refractivity (Wildman–Crippen MR) is 108 cm³/mol. The van der Waals surface area contributed by atoms with Crippen molar-refractivity contribution in [3.63, 3.8) is 0 Å². The zero-order valence-electron chi connectivity index (χ0n) is 15.7. The molecule has 1 aliphatic rings. The average Bonchev–Trinajstić information content (AvgIpc) is 3.27. The number of non-ortho nitro benzene ring substituents is 1. The Kier molecular flexibility index (Phi) is 6.45. The van der Waals surface area contributed by atoms with Gasteiger partial charge in [-0.1, -0.05) is 0 Å². The number of hydrogen-bond donors (Lipinski definition) is 2. The van der Waals surface area contributed by atoms with Crippen LogP contribution in [-0.4, -0.2) is 49.7 Å². The molecule has 2 N–H and O–H groups in total. The van der Waals surface area contributed by atoms with E-state index in [4.69, 9.17) is 0 Å². The summed E-state index contributed by atoms with van der Waals surface area (Å²) in [5.74, 6) is -0.305. The number of nitrogens with zero attached hydrogens (tertiary/aromatic N) is 2. The molecular formula is C19H22N4O5S. The zero-order valence-corrected chi connectivity index (χ0v) is 16.5. The summed E-state index contributed by atoms with van der Waals surface area (Å²) in [5, 5.41) is 16.4. The van der Waals surface area contributed by atoms with Crippen LogP contribution in [0.2, 0.25) is 0 Å². The fourth-order valence-electron chi connectivity index (χ4n) is 3.04. The molecule has 0 atom stereocenters. The lowest BCUT2D eigenvalue weighted by Crippen LogP contribution is -2.29. The first-order chi connectivity index (χ1) is 13.9. The summed E-state index contributed by atoms with van der Waals surface area (Å²) in [6.07, 6.45) is 1.74. The van der Waals surface area contributed by atoms with E-state index in [9.17, 15) is 23.3 Å². The van der Waals surface area contributed by atoms with Crippen molar-refractivity contribution in [3.05, 3.63) is 64.2 Å². The number of anilines is 1. The number of benzene rings is 2. The van der Waals surface area contributed by atoms with Gasteiger partial charge in [-0.25, -0.2) is 8.42 Å². The number of nitro benzene ring substituents is 1. The summed E-state index contributed by atoms with van der Waals surface area (Å²) >= 11 is 0. The number of carbonyl (C=O) groups excluding carboxylic acids is 1. The Bertz CT molecular complexity index is 969. The van der Waals surface area contributed by atoms with E-state index >= 15 is 0 Å². The monoisotopic (exact) mass is 418 g/mol. The van der Waals surface area contributed by atoms with Gasteiger partial charge in [0.15, 0.2) is 0 Å². The molecule has 1 aliphatic heterocycles. The molecule has 10 heteroatoms. The first kappa shape index (κ1) is 20.7. The van der Waals surface area contributed by atoms with Crippen LogP contribution in [0.4, 0.5) is 11.4 Å². The number of hydrogen-bond acceptors (Lipinski definition) is 6. The fourth-order valence-corrected chi connectivity index (χ4v) is 4.56. The smallest absolute Gasteiger partial charge is 0.269 e. The largest absolute Gasteiger partial charge is 0.383 e. The second kappa shape index (κ2) is 9.01. The van der Waals surface area contributed by atoms with Crippen molar-refractivity contribution in [2.45, 2.75) is 17.7 Å². The van der Waals surface area contributed by atoms with Gasteiger partial charge in [0.1, 0.15) is 0 Å². The summed E-state index contributed by atoms with van der Waals surface area (Å²) < 4.78 is 26.5. The number of nitrogens with one attached hydrogen (secondary N) is 2. The molecular weight excluding hydrogens is 396 g/mol. The quantitative estimate of drug-likeness (QED) is 0.385. The molecule has 1 heterocycles. The molecule has 2 aromatic rings. The third-order valence-electron chi connectivity index (χ3n) is 4.64. The third kappa shape index (κ3) is 5.09. The van der Waals surface area contributed by atoms with Gasteiger partial charge >= 0.3 is 0 Å². The van der Waals surface area contributed by atoms with Crippen LogP contribution in [0, 0.1) is 10.1 Å². The van der Waals surface area contributed by atoms with E-state index in [2.05, 4.69) is 10.6 Å². The van der Waals surface area contributed by atoms with Gasteiger partial charge in [0.05, 0.1) is 9.82 Å². The number of rotatable bonds is 8. The van der Waals surface area contributed by atoms with E-state index in [1.54, 1.807) is 12.1 Å². The molecule has 3 rings (SSSR count). The third-order valence-corrected chi connectivity index (χ3v) is 6.55. The molecule has 9 nitrogen and oxygen atoms in total. The van der Waals surface area contributed by atoms with E-state index in [1.807, 2.05) is 0 Å². The van der Waals surface area contributed by atoms with E-state index in [0.29, 0.717) is 37.4 Å². The average molecular weight is 418 g/mol. The molecule has 1 fully saturated rings. The first-order valence-electron chi connectivity index (χ1n) is 9.25. The molecule has 0 saturated carbocycles. The van der Waals surface area contributed by atoms with Crippen LogP contribution in [0.25, 0.3) is 0 Å². The van der Waals surface area contributed by atoms with Crippen LogP contribution in [0.3, 0.4) is 0 Å². The van der Waals surface area contributed by atoms with Crippen LogP contribution in [-0.2, 0) is 10.0 Å². The lowest BCUT2D eigenvalue weighted by Gasteiger charge is -2.15. The number of nitro groups is 1. The Morgan fingerprint density at radius 1 is 1.00 bits per heavy atom. The van der Waals surface area contributed by atoms with Gasteiger partial charge in [-0.3, -0.25) is 14.9 Å². The standard InChI is InChI=1S/C19H22N4O5S/c24-19(21-12-11-20-16-5-7-17(8-6-16)23(25)26)15-3-9-18(10-4-15)29(27,28)22-13-1-2-14-22/h3-10,20H,1-2,11-14H2,(H,21,24). The highest BCUT2D eigenvalue weighted by molar-refractivity contribution is 7.89. The second-order valence-electron chi connectivity index (χ2n) is 6.62. The van der Waals surface area contributed by atoms with Crippen molar-refractivity contribution in [1.29, 1.82) is 0 Å². The molecule has 0 spiro atoms. The minimum absolute atomic E-state index is 0.0130. The summed E-state index contributed by atoms with van der Waals surface area (Å²) in [6, 6.07) is 11.9. The van der Waals surface area contributed by atoms with E-state index in [-0.39, 0.29) is 16.5 Å². The van der Waals surface area contributed by atoms with Crippen LogP contribution in [0.15, 0.2) is 53.4 Å². The predicted octanol–water partition coefficient (Wildman–Crippen LogP) is 2.22. The van der Waals surface area contributed by atoms with Gasteiger partial charge in [0, 0.05) is 49.6 Å². The molecule has 0 aromatic heterocycles. The molecule has 1 amide bonds. The van der Waals surface area contributed by atoms with E-state index < -0.39 is 14.9 Å². The highest BCUT2D eigenvalue weighted by atomic mass is 32.2. The maximum absolute atomic E-state index is 12.5. The van der Waals surface area contributed by atoms with Crippen molar-refractivity contribution in [2.24, 2.45) is 0 Å². The molecule has 0 aliphatic carbocycles. The number of carbonyl (C=O) groups is 1. The normalized spacial score (nSPS) is 14.5. The van der Waals surface area contributed by atoms with Crippen molar-refractivity contribution < 1.29 is 18.1 Å². The van der Waals surface area contributed by atoms with E-state index in [0.717, 1.165) is 12.8 Å². The Balaban J connectivity index is 1.48. The molecule has 2 aromatic carbocycles. The molecule has 154 valence electrons. The van der Waals surface area contributed by atoms with Crippen LogP contribution >= 0.6 is 0 Å². The molecule has 1 saturated heterocycles. The van der Waals surface area contributed by atoms with Gasteiger partial charge in [-0.15, -0.1) is 0 Å². The van der Waals surface area contributed by atoms with Gasteiger partial charge in [-0.05, 0) is 49.2 Å². The second-order valence-corrected chi connectivity index (χ2v) is 8.56. The summed E-state index contributed by atoms with van der Waals surface area (Å²) in [4.78, 5) is 22.6. The zero-order chi connectivity index (χ0) is 20.9. The van der Waals surface area contributed by atoms with Crippen molar-refractivity contribution in [1.82, 2.24) is 9.62 Å². The minimum Gasteiger partial charge on any atom is -0.383 e. The highest BCUT2D eigenvalue weighted by Gasteiger charge is 2.27. The van der Waals surface area contributed by atoms with Crippen LogP contribution in [0.5, 0.6) is 0 Å². The maximum Gasteiger partial charge on any atom is 0.269 e. The first-order valence-corrected chi connectivity index (χ1v) is 10.7. The Labute approximate surface area is 168 Å². The summed E-state index contributed by atoms with van der Waals surface area (Å²) in [5.41, 5.74) is 1.10. The minimum atomic E-state index is -3.49. The molecule has 29 heavy (non-hydrogen) atoms. The van der Waals surface area contributed by atoms with Gasteiger partial charge in [0.2, 0.25) is 10.0 Å². The number of sulfonamides is 1. The van der Waals surface area contributed by atoms with E-state index in [1.165, 1.54) is 40.7 Å². The summed E-state index contributed by atoms with van der Waals surface area (Å²) in [7, 11) is -3.49. The Morgan fingerprint density at radius 2 is 1.62 bits per heavy atom. The summed E-state index contributed by atoms with van der Waals surface area (Å²) in [6.45, 7) is 1.84. The highest BCUT2D eigenvalue weighted by Crippen LogP contribution is 2.21. The SMILES string of the molecule is O=C(NCCNc1ccc([N+](=O)[O-])cc1)c1ccc(S(=O)(=O)N2CCCC2)cc1. The van der Waals surface area contributed by atoms with Crippen molar-refractivity contribution in [3.8, 4) is 0 Å².